The fourth-order valence-electron chi connectivity index (χ4n) is 1.61. The molecule has 0 saturated carbocycles. The Labute approximate surface area is 100.0 Å². The molecule has 0 radical (unpaired) electrons. The van der Waals surface area contributed by atoms with E-state index in [4.69, 9.17) is 10.5 Å². The predicted octanol–water partition coefficient (Wildman–Crippen LogP) is 1.37. The van der Waals surface area contributed by atoms with Crippen molar-refractivity contribution >= 4 is 11.6 Å². The SMILES string of the molecule is COCC(C)C(Nc1cccc(F)c1)C(N)=O. The number of carbonyl (C=O) groups is 1. The first-order valence-corrected chi connectivity index (χ1v) is 5.35. The number of primary amides is 1. The molecule has 0 aliphatic carbocycles. The highest BCUT2D eigenvalue weighted by Crippen LogP contribution is 2.14. The van der Waals surface area contributed by atoms with Crippen molar-refractivity contribution in [3.8, 4) is 0 Å². The van der Waals surface area contributed by atoms with Crippen molar-refractivity contribution < 1.29 is 13.9 Å². The Morgan fingerprint density at radius 2 is 2.29 bits per heavy atom. The lowest BCUT2D eigenvalue weighted by Crippen LogP contribution is -2.42. The number of halogens is 1. The van der Waals surface area contributed by atoms with Gasteiger partial charge in [-0.1, -0.05) is 13.0 Å². The monoisotopic (exact) mass is 240 g/mol. The van der Waals surface area contributed by atoms with Gasteiger partial charge in [-0.25, -0.2) is 4.39 Å². The molecule has 3 N–H and O–H groups in total. The third-order valence-electron chi connectivity index (χ3n) is 2.45. The van der Waals surface area contributed by atoms with Crippen LogP contribution in [0, 0.1) is 11.7 Å². The van der Waals surface area contributed by atoms with Crippen molar-refractivity contribution in [3.63, 3.8) is 0 Å². The Hall–Kier alpha value is -1.62. The minimum absolute atomic E-state index is 0.0965. The summed E-state index contributed by atoms with van der Waals surface area (Å²) in [6, 6.07) is 5.31. The highest BCUT2D eigenvalue weighted by atomic mass is 19.1. The van der Waals surface area contributed by atoms with Gasteiger partial charge in [0.05, 0.1) is 6.61 Å². The van der Waals surface area contributed by atoms with Gasteiger partial charge in [-0.05, 0) is 18.2 Å². The number of amides is 1. The molecule has 5 heteroatoms. The first-order valence-electron chi connectivity index (χ1n) is 5.35. The first kappa shape index (κ1) is 13.4. The van der Waals surface area contributed by atoms with E-state index in [-0.39, 0.29) is 11.7 Å². The lowest BCUT2D eigenvalue weighted by Gasteiger charge is -2.22. The number of anilines is 1. The van der Waals surface area contributed by atoms with Crippen LogP contribution in [0.2, 0.25) is 0 Å². The van der Waals surface area contributed by atoms with Gasteiger partial charge in [0.25, 0.3) is 0 Å². The molecule has 0 spiro atoms. The summed E-state index contributed by atoms with van der Waals surface area (Å²) in [5.41, 5.74) is 5.83. The molecule has 1 rings (SSSR count). The summed E-state index contributed by atoms with van der Waals surface area (Å²) in [4.78, 5) is 11.3. The van der Waals surface area contributed by atoms with E-state index >= 15 is 0 Å². The second kappa shape index (κ2) is 6.20. The zero-order valence-electron chi connectivity index (χ0n) is 9.94. The molecule has 17 heavy (non-hydrogen) atoms. The standard InChI is InChI=1S/C12H17FN2O2/c1-8(7-17-2)11(12(14)16)15-10-5-3-4-9(13)6-10/h3-6,8,11,15H,7H2,1-2H3,(H2,14,16). The zero-order valence-corrected chi connectivity index (χ0v) is 9.94. The number of nitrogens with one attached hydrogen (secondary N) is 1. The molecule has 0 fully saturated rings. The normalized spacial score (nSPS) is 14.1. The van der Waals surface area contributed by atoms with Crippen molar-refractivity contribution in [2.24, 2.45) is 11.7 Å². The maximum absolute atomic E-state index is 13.0. The Morgan fingerprint density at radius 3 is 2.82 bits per heavy atom. The van der Waals surface area contributed by atoms with Crippen LogP contribution in [-0.2, 0) is 9.53 Å². The molecule has 0 aromatic heterocycles. The van der Waals surface area contributed by atoms with Gasteiger partial charge in [0.15, 0.2) is 0 Å². The molecule has 0 aliphatic heterocycles. The second-order valence-corrected chi connectivity index (χ2v) is 3.97. The third kappa shape index (κ3) is 4.03. The van der Waals surface area contributed by atoms with Gasteiger partial charge in [0.2, 0.25) is 5.91 Å². The maximum Gasteiger partial charge on any atom is 0.240 e. The molecule has 94 valence electrons. The molecule has 0 heterocycles. The Bertz CT molecular complexity index is 385. The van der Waals surface area contributed by atoms with E-state index in [1.54, 1.807) is 19.2 Å². The maximum atomic E-state index is 13.0. The molecule has 1 aromatic rings. The molecule has 1 aromatic carbocycles. The van der Waals surface area contributed by atoms with E-state index in [2.05, 4.69) is 5.32 Å². The summed E-state index contributed by atoms with van der Waals surface area (Å²) in [6.45, 7) is 2.24. The average molecular weight is 240 g/mol. The predicted molar refractivity (Wildman–Crippen MR) is 64.0 cm³/mol. The summed E-state index contributed by atoms with van der Waals surface area (Å²) in [6.07, 6.45) is 0. The molecular formula is C12H17FN2O2. The van der Waals surface area contributed by atoms with Gasteiger partial charge in [-0.15, -0.1) is 0 Å². The van der Waals surface area contributed by atoms with Crippen LogP contribution in [0.5, 0.6) is 0 Å². The lowest BCUT2D eigenvalue weighted by molar-refractivity contribution is -0.120. The number of nitrogens with two attached hydrogens (primary N) is 1. The van der Waals surface area contributed by atoms with Gasteiger partial charge < -0.3 is 15.8 Å². The zero-order chi connectivity index (χ0) is 12.8. The van der Waals surface area contributed by atoms with E-state index in [1.807, 2.05) is 6.92 Å². The Balaban J connectivity index is 2.76. The number of hydrogen-bond donors (Lipinski definition) is 2. The molecule has 0 saturated heterocycles. The summed E-state index contributed by atoms with van der Waals surface area (Å²) < 4.78 is 18.0. The largest absolute Gasteiger partial charge is 0.384 e. The van der Waals surface area contributed by atoms with Crippen molar-refractivity contribution in [2.75, 3.05) is 19.0 Å². The van der Waals surface area contributed by atoms with Crippen LogP contribution >= 0.6 is 0 Å². The van der Waals surface area contributed by atoms with Crippen LogP contribution in [0.15, 0.2) is 24.3 Å². The third-order valence-corrected chi connectivity index (χ3v) is 2.45. The summed E-state index contributed by atoms with van der Waals surface area (Å²) in [5, 5.41) is 2.91. The summed E-state index contributed by atoms with van der Waals surface area (Å²) in [7, 11) is 1.55. The van der Waals surface area contributed by atoms with Gasteiger partial charge >= 0.3 is 0 Å². The highest BCUT2D eigenvalue weighted by Gasteiger charge is 2.22. The van der Waals surface area contributed by atoms with Gasteiger partial charge in [0.1, 0.15) is 11.9 Å². The molecule has 4 nitrogen and oxygen atoms in total. The number of methoxy groups -OCH3 is 1. The number of ether oxygens (including phenoxy) is 1. The van der Waals surface area contributed by atoms with Crippen LogP contribution in [0.4, 0.5) is 10.1 Å². The molecule has 1 amide bonds. The number of rotatable bonds is 6. The smallest absolute Gasteiger partial charge is 0.240 e. The summed E-state index contributed by atoms with van der Waals surface area (Å²) in [5.74, 6) is -0.947. The Morgan fingerprint density at radius 1 is 1.59 bits per heavy atom. The van der Waals surface area contributed by atoms with E-state index in [9.17, 15) is 9.18 Å². The molecular weight excluding hydrogens is 223 g/mol. The van der Waals surface area contributed by atoms with Crippen molar-refractivity contribution in [3.05, 3.63) is 30.1 Å². The number of carbonyl (C=O) groups excluding carboxylic acids is 1. The van der Waals surface area contributed by atoms with Crippen molar-refractivity contribution in [1.29, 1.82) is 0 Å². The van der Waals surface area contributed by atoms with Crippen LogP contribution in [0.25, 0.3) is 0 Å². The topological polar surface area (TPSA) is 64.3 Å². The number of benzene rings is 1. The van der Waals surface area contributed by atoms with E-state index in [0.29, 0.717) is 12.3 Å². The lowest BCUT2D eigenvalue weighted by atomic mass is 10.0. The fourth-order valence-corrected chi connectivity index (χ4v) is 1.61. The van der Waals surface area contributed by atoms with Crippen molar-refractivity contribution in [2.45, 2.75) is 13.0 Å². The quantitative estimate of drug-likeness (QED) is 0.789. The first-order chi connectivity index (χ1) is 8.04. The van der Waals surface area contributed by atoms with E-state index in [0.717, 1.165) is 0 Å². The minimum Gasteiger partial charge on any atom is -0.384 e. The van der Waals surface area contributed by atoms with Gasteiger partial charge in [-0.3, -0.25) is 4.79 Å². The average Bonchev–Trinajstić information content (AvgIpc) is 2.26. The van der Waals surface area contributed by atoms with E-state index in [1.165, 1.54) is 12.1 Å². The molecule has 2 unspecified atom stereocenters. The highest BCUT2D eigenvalue weighted by molar-refractivity contribution is 5.83. The van der Waals surface area contributed by atoms with E-state index < -0.39 is 11.9 Å². The Kier molecular flexibility index (Phi) is 4.90. The molecule has 2 atom stereocenters. The fraction of sp³-hybridized carbons (Fsp3) is 0.417. The molecule has 0 bridgehead atoms. The van der Waals surface area contributed by atoms with Crippen molar-refractivity contribution in [1.82, 2.24) is 0 Å². The number of hydrogen-bond acceptors (Lipinski definition) is 3. The van der Waals surface area contributed by atoms with Crippen LogP contribution in [-0.4, -0.2) is 25.7 Å². The van der Waals surface area contributed by atoms with Gasteiger partial charge in [-0.2, -0.15) is 0 Å². The minimum atomic E-state index is -0.586. The summed E-state index contributed by atoms with van der Waals surface area (Å²) >= 11 is 0. The van der Waals surface area contributed by atoms with Crippen LogP contribution < -0.4 is 11.1 Å². The molecule has 0 aliphatic rings. The van der Waals surface area contributed by atoms with Crippen LogP contribution in [0.3, 0.4) is 0 Å². The second-order valence-electron chi connectivity index (χ2n) is 3.97. The van der Waals surface area contributed by atoms with Crippen LogP contribution in [0.1, 0.15) is 6.92 Å². The van der Waals surface area contributed by atoms with Gasteiger partial charge in [0, 0.05) is 18.7 Å².